The lowest BCUT2D eigenvalue weighted by atomic mass is 9.93. The minimum atomic E-state index is -1.46. The van der Waals surface area contributed by atoms with Crippen LogP contribution in [0, 0.1) is 17.6 Å². The second-order valence-corrected chi connectivity index (χ2v) is 3.98. The number of aliphatic hydroxyl groups excluding tert-OH is 1. The maximum atomic E-state index is 13.5. The van der Waals surface area contributed by atoms with Crippen molar-refractivity contribution in [2.75, 3.05) is 6.61 Å². The summed E-state index contributed by atoms with van der Waals surface area (Å²) in [6.45, 7) is -0.345. The molecule has 86 valence electrons. The van der Waals surface area contributed by atoms with Crippen LogP contribution in [-0.2, 0) is 10.2 Å². The van der Waals surface area contributed by atoms with Crippen LogP contribution in [0.1, 0.15) is 12.0 Å². The minimum absolute atomic E-state index is 0.138. The van der Waals surface area contributed by atoms with E-state index in [1.165, 1.54) is 0 Å². The largest absolute Gasteiger partial charge is 0.481 e. The van der Waals surface area contributed by atoms with Crippen LogP contribution in [0.2, 0.25) is 0 Å². The van der Waals surface area contributed by atoms with Gasteiger partial charge in [0.05, 0.1) is 0 Å². The van der Waals surface area contributed by atoms with E-state index < -0.39 is 28.9 Å². The number of hydrogen-bond acceptors (Lipinski definition) is 2. The predicted molar refractivity (Wildman–Crippen MR) is 50.9 cm³/mol. The highest BCUT2D eigenvalue weighted by atomic mass is 19.1. The minimum Gasteiger partial charge on any atom is -0.481 e. The average molecular weight is 228 g/mol. The molecule has 0 spiro atoms. The Balaban J connectivity index is 2.50. The number of carbonyl (C=O) groups is 1. The van der Waals surface area contributed by atoms with Gasteiger partial charge in [-0.15, -0.1) is 0 Å². The van der Waals surface area contributed by atoms with Crippen molar-refractivity contribution in [3.05, 3.63) is 35.4 Å². The van der Waals surface area contributed by atoms with Gasteiger partial charge in [0.15, 0.2) is 0 Å². The van der Waals surface area contributed by atoms with Crippen LogP contribution in [0.5, 0.6) is 0 Å². The third-order valence-electron chi connectivity index (χ3n) is 3.12. The molecule has 0 aromatic heterocycles. The summed E-state index contributed by atoms with van der Waals surface area (Å²) in [6, 6.07) is 2.73. The topological polar surface area (TPSA) is 57.5 Å². The smallest absolute Gasteiger partial charge is 0.314 e. The molecule has 3 nitrogen and oxygen atoms in total. The Morgan fingerprint density at radius 1 is 1.50 bits per heavy atom. The fourth-order valence-corrected chi connectivity index (χ4v) is 2.10. The van der Waals surface area contributed by atoms with E-state index in [4.69, 9.17) is 10.2 Å². The summed E-state index contributed by atoms with van der Waals surface area (Å²) in [6.07, 6.45) is 0.138. The van der Waals surface area contributed by atoms with Crippen LogP contribution >= 0.6 is 0 Å². The van der Waals surface area contributed by atoms with Gasteiger partial charge < -0.3 is 10.2 Å². The molecule has 0 saturated heterocycles. The summed E-state index contributed by atoms with van der Waals surface area (Å²) < 4.78 is 26.4. The van der Waals surface area contributed by atoms with Gasteiger partial charge in [-0.1, -0.05) is 0 Å². The Bertz CT molecular complexity index is 447. The van der Waals surface area contributed by atoms with Crippen molar-refractivity contribution in [3.63, 3.8) is 0 Å². The van der Waals surface area contributed by atoms with Crippen molar-refractivity contribution in [1.29, 1.82) is 0 Å². The zero-order valence-electron chi connectivity index (χ0n) is 8.28. The van der Waals surface area contributed by atoms with Crippen LogP contribution in [0.15, 0.2) is 18.2 Å². The normalized spacial score (nSPS) is 27.8. The second-order valence-electron chi connectivity index (χ2n) is 3.98. The fraction of sp³-hybridized carbons (Fsp3) is 0.364. The maximum Gasteiger partial charge on any atom is 0.314 e. The first-order valence-corrected chi connectivity index (χ1v) is 4.82. The van der Waals surface area contributed by atoms with Gasteiger partial charge in [0.2, 0.25) is 0 Å². The Labute approximate surface area is 90.3 Å². The van der Waals surface area contributed by atoms with Crippen molar-refractivity contribution in [1.82, 2.24) is 0 Å². The number of carboxylic acids is 1. The Kier molecular flexibility index (Phi) is 2.42. The first-order valence-electron chi connectivity index (χ1n) is 4.82. The van der Waals surface area contributed by atoms with Gasteiger partial charge in [-0.3, -0.25) is 4.79 Å². The molecule has 2 rings (SSSR count). The van der Waals surface area contributed by atoms with Crippen LogP contribution < -0.4 is 0 Å². The second kappa shape index (κ2) is 3.52. The molecule has 1 aliphatic rings. The molecule has 0 radical (unpaired) electrons. The molecule has 1 aliphatic carbocycles. The van der Waals surface area contributed by atoms with Gasteiger partial charge in [-0.25, -0.2) is 8.78 Å². The highest BCUT2D eigenvalue weighted by Gasteiger charge is 2.62. The average Bonchev–Trinajstić information content (AvgIpc) is 2.97. The number of aliphatic hydroxyl groups is 1. The van der Waals surface area contributed by atoms with Gasteiger partial charge >= 0.3 is 5.97 Å². The van der Waals surface area contributed by atoms with E-state index in [2.05, 4.69) is 0 Å². The number of benzene rings is 1. The highest BCUT2D eigenvalue weighted by molar-refractivity contribution is 5.86. The number of carboxylic acid groups (broad SMARTS) is 1. The molecule has 2 N–H and O–H groups in total. The molecule has 0 amide bonds. The SMILES string of the molecule is O=C(O)C1(c2cc(F)ccc2F)CC1CO. The number of rotatable bonds is 3. The molecule has 1 aromatic rings. The third kappa shape index (κ3) is 1.39. The van der Waals surface area contributed by atoms with E-state index in [1.54, 1.807) is 0 Å². The summed E-state index contributed by atoms with van der Waals surface area (Å²) in [5.74, 6) is -3.20. The quantitative estimate of drug-likeness (QED) is 0.819. The number of aliphatic carboxylic acids is 1. The fourth-order valence-electron chi connectivity index (χ4n) is 2.10. The molecule has 5 heteroatoms. The number of hydrogen-bond donors (Lipinski definition) is 2. The highest BCUT2D eigenvalue weighted by Crippen LogP contribution is 2.54. The molecule has 1 aromatic carbocycles. The molecule has 2 unspecified atom stereocenters. The Hall–Kier alpha value is -1.49. The molecular weight excluding hydrogens is 218 g/mol. The van der Waals surface area contributed by atoms with Crippen molar-refractivity contribution in [2.45, 2.75) is 11.8 Å². The van der Waals surface area contributed by atoms with Gasteiger partial charge in [0, 0.05) is 18.1 Å². The molecule has 1 saturated carbocycles. The first-order chi connectivity index (χ1) is 7.52. The summed E-state index contributed by atoms with van der Waals surface area (Å²) >= 11 is 0. The summed E-state index contributed by atoms with van der Waals surface area (Å²) in [5, 5.41) is 18.0. The zero-order chi connectivity index (χ0) is 11.9. The van der Waals surface area contributed by atoms with Crippen LogP contribution in [-0.4, -0.2) is 22.8 Å². The Morgan fingerprint density at radius 2 is 2.19 bits per heavy atom. The van der Waals surface area contributed by atoms with E-state index in [0.717, 1.165) is 18.2 Å². The number of halogens is 2. The van der Waals surface area contributed by atoms with Gasteiger partial charge in [-0.2, -0.15) is 0 Å². The van der Waals surface area contributed by atoms with Crippen LogP contribution in [0.25, 0.3) is 0 Å². The Morgan fingerprint density at radius 3 is 2.69 bits per heavy atom. The van der Waals surface area contributed by atoms with Crippen LogP contribution in [0.4, 0.5) is 8.78 Å². The van der Waals surface area contributed by atoms with Crippen molar-refractivity contribution >= 4 is 5.97 Å². The zero-order valence-corrected chi connectivity index (χ0v) is 8.28. The molecule has 2 atom stereocenters. The molecule has 0 heterocycles. The van der Waals surface area contributed by atoms with E-state index in [9.17, 15) is 13.6 Å². The molecule has 0 aliphatic heterocycles. The molecule has 16 heavy (non-hydrogen) atoms. The van der Waals surface area contributed by atoms with E-state index in [0.29, 0.717) is 0 Å². The third-order valence-corrected chi connectivity index (χ3v) is 3.12. The summed E-state index contributed by atoms with van der Waals surface area (Å²) in [5.41, 5.74) is -1.64. The molecular formula is C11H10F2O3. The van der Waals surface area contributed by atoms with E-state index >= 15 is 0 Å². The van der Waals surface area contributed by atoms with E-state index in [1.807, 2.05) is 0 Å². The lowest BCUT2D eigenvalue weighted by molar-refractivity contribution is -0.140. The predicted octanol–water partition coefficient (Wildman–Crippen LogP) is 1.30. The monoisotopic (exact) mass is 228 g/mol. The van der Waals surface area contributed by atoms with Gasteiger partial charge in [0.25, 0.3) is 0 Å². The van der Waals surface area contributed by atoms with Crippen molar-refractivity contribution in [3.8, 4) is 0 Å². The maximum absolute atomic E-state index is 13.5. The van der Waals surface area contributed by atoms with Gasteiger partial charge in [0.1, 0.15) is 17.0 Å². The molecule has 1 fully saturated rings. The standard InChI is InChI=1S/C11H10F2O3/c12-7-1-2-9(13)8(3-7)11(10(15)16)4-6(11)5-14/h1-3,6,14H,4-5H2,(H,15,16). The summed E-state index contributed by atoms with van der Waals surface area (Å²) in [7, 11) is 0. The van der Waals surface area contributed by atoms with Gasteiger partial charge in [-0.05, 0) is 24.6 Å². The summed E-state index contributed by atoms with van der Waals surface area (Å²) in [4.78, 5) is 11.1. The van der Waals surface area contributed by atoms with Crippen LogP contribution in [0.3, 0.4) is 0 Å². The first kappa shape index (κ1) is 11.0. The van der Waals surface area contributed by atoms with Crippen molar-refractivity contribution < 1.29 is 23.8 Å². The van der Waals surface area contributed by atoms with Crippen molar-refractivity contribution in [2.24, 2.45) is 5.92 Å². The lowest BCUT2D eigenvalue weighted by Gasteiger charge is -2.13. The molecule has 0 bridgehead atoms. The van der Waals surface area contributed by atoms with E-state index in [-0.39, 0.29) is 18.6 Å². The lowest BCUT2D eigenvalue weighted by Crippen LogP contribution is -2.25.